The van der Waals surface area contributed by atoms with Gasteiger partial charge in [-0.1, -0.05) is 47.0 Å². The molecule has 1 rings (SSSR count). The third-order valence-electron chi connectivity index (χ3n) is 4.67. The fourth-order valence-electron chi connectivity index (χ4n) is 3.78. The number of carbonyl (C=O) groups excluding carboxylic acids is 1. The number of nitrogens with one attached hydrogen (secondary N) is 1. The summed E-state index contributed by atoms with van der Waals surface area (Å²) in [6, 6.07) is -0.0638. The lowest BCUT2D eigenvalue weighted by Gasteiger charge is -2.42. The molecular formula is C18H34N2O4. The lowest BCUT2D eigenvalue weighted by atomic mass is 9.70. The number of rotatable bonds is 8. The number of amides is 2. The van der Waals surface area contributed by atoms with Gasteiger partial charge in [-0.05, 0) is 37.0 Å². The number of hydrogen-bond donors (Lipinski definition) is 2. The van der Waals surface area contributed by atoms with Gasteiger partial charge in [0, 0.05) is 6.04 Å². The van der Waals surface area contributed by atoms with Gasteiger partial charge in [0.05, 0.1) is 13.3 Å². The van der Waals surface area contributed by atoms with Crippen molar-refractivity contribution in [1.82, 2.24) is 10.2 Å². The average Bonchev–Trinajstić information content (AvgIpc) is 2.44. The Balaban J connectivity index is 2.43. The second-order valence-corrected chi connectivity index (χ2v) is 7.85. The van der Waals surface area contributed by atoms with Gasteiger partial charge < -0.3 is 15.2 Å². The van der Waals surface area contributed by atoms with Gasteiger partial charge in [0.1, 0.15) is 0 Å². The molecular weight excluding hydrogens is 308 g/mol. The highest BCUT2D eigenvalue weighted by molar-refractivity contribution is 5.69. The standard InChI is InChI=1S/C18H34N2O4/c1-5-6-7-8-9-24-16(21)19-13-20(17(22)23)15-10-14(2)11-18(3,4)12-15/h14-15H,5-13H2,1-4H3,(H,19,21)(H,22,23). The van der Waals surface area contributed by atoms with Crippen molar-refractivity contribution < 1.29 is 19.4 Å². The predicted molar refractivity (Wildman–Crippen MR) is 93.9 cm³/mol. The van der Waals surface area contributed by atoms with E-state index in [1.54, 1.807) is 0 Å². The third kappa shape index (κ3) is 7.41. The lowest BCUT2D eigenvalue weighted by Crippen LogP contribution is -2.50. The van der Waals surface area contributed by atoms with E-state index < -0.39 is 12.2 Å². The van der Waals surface area contributed by atoms with Crippen LogP contribution >= 0.6 is 0 Å². The van der Waals surface area contributed by atoms with Gasteiger partial charge in [0.2, 0.25) is 0 Å². The van der Waals surface area contributed by atoms with Crippen LogP contribution in [0.4, 0.5) is 9.59 Å². The van der Waals surface area contributed by atoms with E-state index in [1.807, 2.05) is 0 Å². The highest BCUT2D eigenvalue weighted by Gasteiger charge is 2.36. The minimum Gasteiger partial charge on any atom is -0.465 e. The van der Waals surface area contributed by atoms with Gasteiger partial charge >= 0.3 is 12.2 Å². The molecule has 2 atom stereocenters. The molecule has 1 fully saturated rings. The quantitative estimate of drug-likeness (QED) is 0.505. The second-order valence-electron chi connectivity index (χ2n) is 7.85. The summed E-state index contributed by atoms with van der Waals surface area (Å²) in [5.74, 6) is 0.478. The molecule has 2 amide bonds. The van der Waals surface area contributed by atoms with Crippen molar-refractivity contribution in [2.45, 2.75) is 78.7 Å². The summed E-state index contributed by atoms with van der Waals surface area (Å²) in [7, 11) is 0. The highest BCUT2D eigenvalue weighted by Crippen LogP contribution is 2.40. The Morgan fingerprint density at radius 3 is 2.54 bits per heavy atom. The number of hydrogen-bond acceptors (Lipinski definition) is 3. The van der Waals surface area contributed by atoms with E-state index >= 15 is 0 Å². The number of unbranched alkanes of at least 4 members (excludes halogenated alkanes) is 3. The van der Waals surface area contributed by atoms with Crippen molar-refractivity contribution in [2.75, 3.05) is 13.3 Å². The first-order chi connectivity index (χ1) is 11.2. The molecule has 140 valence electrons. The van der Waals surface area contributed by atoms with Gasteiger partial charge in [-0.15, -0.1) is 0 Å². The normalized spacial score (nSPS) is 22.7. The van der Waals surface area contributed by atoms with Crippen LogP contribution in [0.1, 0.15) is 72.6 Å². The number of alkyl carbamates (subject to hydrolysis) is 1. The Morgan fingerprint density at radius 2 is 1.96 bits per heavy atom. The minimum atomic E-state index is -0.992. The maximum absolute atomic E-state index is 11.7. The first-order valence-corrected chi connectivity index (χ1v) is 9.15. The molecule has 0 aromatic rings. The molecule has 0 spiro atoms. The summed E-state index contributed by atoms with van der Waals surface area (Å²) in [6.45, 7) is 9.00. The Hall–Kier alpha value is -1.46. The van der Waals surface area contributed by atoms with Crippen molar-refractivity contribution in [1.29, 1.82) is 0 Å². The van der Waals surface area contributed by atoms with E-state index in [9.17, 15) is 14.7 Å². The fraction of sp³-hybridized carbons (Fsp3) is 0.889. The van der Waals surface area contributed by atoms with E-state index in [4.69, 9.17) is 4.74 Å². The second kappa shape index (κ2) is 9.74. The number of nitrogens with zero attached hydrogens (tertiary/aromatic N) is 1. The zero-order valence-electron chi connectivity index (χ0n) is 15.6. The summed E-state index contributed by atoms with van der Waals surface area (Å²) >= 11 is 0. The third-order valence-corrected chi connectivity index (χ3v) is 4.67. The molecule has 6 nitrogen and oxygen atoms in total. The fourth-order valence-corrected chi connectivity index (χ4v) is 3.78. The average molecular weight is 342 g/mol. The van der Waals surface area contributed by atoms with Crippen LogP contribution < -0.4 is 5.32 Å². The van der Waals surface area contributed by atoms with Crippen molar-refractivity contribution in [3.63, 3.8) is 0 Å². The summed E-state index contributed by atoms with van der Waals surface area (Å²) in [5, 5.41) is 12.1. The predicted octanol–water partition coefficient (Wildman–Crippen LogP) is 4.45. The highest BCUT2D eigenvalue weighted by atomic mass is 16.5. The summed E-state index contributed by atoms with van der Waals surface area (Å²) in [6.07, 6.45) is 5.38. The Bertz CT molecular complexity index is 412. The molecule has 0 aromatic heterocycles. The SMILES string of the molecule is CCCCCCOC(=O)NCN(C(=O)O)C1CC(C)CC(C)(C)C1. The molecule has 6 heteroatoms. The van der Waals surface area contributed by atoms with E-state index in [0.717, 1.165) is 44.9 Å². The van der Waals surface area contributed by atoms with Gasteiger partial charge in [-0.25, -0.2) is 9.59 Å². The molecule has 0 bridgehead atoms. The van der Waals surface area contributed by atoms with Crippen LogP contribution in [0.3, 0.4) is 0 Å². The summed E-state index contributed by atoms with van der Waals surface area (Å²) in [4.78, 5) is 24.7. The monoisotopic (exact) mass is 342 g/mol. The van der Waals surface area contributed by atoms with Gasteiger partial charge in [0.25, 0.3) is 0 Å². The number of carbonyl (C=O) groups is 2. The molecule has 1 aliphatic rings. The van der Waals surface area contributed by atoms with Crippen molar-refractivity contribution in [3.8, 4) is 0 Å². The first kappa shape index (κ1) is 20.6. The van der Waals surface area contributed by atoms with Crippen molar-refractivity contribution in [3.05, 3.63) is 0 Å². The molecule has 0 heterocycles. The lowest BCUT2D eigenvalue weighted by molar-refractivity contribution is 0.0573. The summed E-state index contributed by atoms with van der Waals surface area (Å²) in [5.41, 5.74) is 0.121. The Labute approximate surface area is 145 Å². The zero-order valence-corrected chi connectivity index (χ0v) is 15.6. The smallest absolute Gasteiger partial charge is 0.408 e. The zero-order chi connectivity index (χ0) is 18.2. The Morgan fingerprint density at radius 1 is 1.25 bits per heavy atom. The molecule has 2 N–H and O–H groups in total. The van der Waals surface area contributed by atoms with Crippen LogP contribution in [0.5, 0.6) is 0 Å². The topological polar surface area (TPSA) is 78.9 Å². The van der Waals surface area contributed by atoms with Crippen molar-refractivity contribution >= 4 is 12.2 Å². The van der Waals surface area contributed by atoms with E-state index in [1.165, 1.54) is 4.90 Å². The summed E-state index contributed by atoms with van der Waals surface area (Å²) < 4.78 is 5.10. The maximum Gasteiger partial charge on any atom is 0.408 e. The molecule has 0 aliphatic heterocycles. The molecule has 1 saturated carbocycles. The van der Waals surface area contributed by atoms with Gasteiger partial charge in [0.15, 0.2) is 0 Å². The van der Waals surface area contributed by atoms with E-state index in [0.29, 0.717) is 12.5 Å². The van der Waals surface area contributed by atoms with Gasteiger partial charge in [-0.2, -0.15) is 0 Å². The van der Waals surface area contributed by atoms with Crippen LogP contribution in [0.2, 0.25) is 0 Å². The van der Waals surface area contributed by atoms with Crippen LogP contribution in [0, 0.1) is 11.3 Å². The molecule has 24 heavy (non-hydrogen) atoms. The van der Waals surface area contributed by atoms with Crippen LogP contribution in [0.25, 0.3) is 0 Å². The minimum absolute atomic E-state index is 0.0173. The maximum atomic E-state index is 11.7. The Kier molecular flexibility index (Phi) is 8.36. The molecule has 2 unspecified atom stereocenters. The molecule has 0 saturated heterocycles. The van der Waals surface area contributed by atoms with Crippen LogP contribution in [-0.2, 0) is 4.74 Å². The van der Waals surface area contributed by atoms with Gasteiger partial charge in [-0.3, -0.25) is 4.90 Å². The molecule has 0 aromatic carbocycles. The molecule has 0 radical (unpaired) electrons. The number of carboxylic acid groups (broad SMARTS) is 1. The number of ether oxygens (including phenoxy) is 1. The van der Waals surface area contributed by atoms with Crippen LogP contribution in [0.15, 0.2) is 0 Å². The van der Waals surface area contributed by atoms with E-state index in [2.05, 4.69) is 33.0 Å². The largest absolute Gasteiger partial charge is 0.465 e. The van der Waals surface area contributed by atoms with Crippen molar-refractivity contribution in [2.24, 2.45) is 11.3 Å². The molecule has 1 aliphatic carbocycles. The van der Waals surface area contributed by atoms with Crippen LogP contribution in [-0.4, -0.2) is 41.5 Å². The first-order valence-electron chi connectivity index (χ1n) is 9.15. The van der Waals surface area contributed by atoms with E-state index in [-0.39, 0.29) is 18.1 Å².